The van der Waals surface area contributed by atoms with Crippen LogP contribution >= 0.6 is 0 Å². The zero-order valence-electron chi connectivity index (χ0n) is 28.7. The Labute approximate surface area is 264 Å². The highest BCUT2D eigenvalue weighted by Crippen LogP contribution is 2.41. The lowest BCUT2D eigenvalue weighted by Gasteiger charge is -2.37. The molecule has 2 aliphatic rings. The minimum Gasteiger partial charge on any atom is -0.543 e. The molecule has 1 saturated heterocycles. The Kier molecular flexibility index (Phi) is 10.4. The molecule has 0 saturated carbocycles. The fourth-order valence-corrected chi connectivity index (χ4v) is 5.51. The Morgan fingerprint density at radius 1 is 1.09 bits per heavy atom. The Morgan fingerprint density at radius 3 is 2.32 bits per heavy atom. The van der Waals surface area contributed by atoms with E-state index in [1.165, 1.54) is 4.90 Å². The Morgan fingerprint density at radius 2 is 1.73 bits per heavy atom. The SMILES string of the molecule is CC1OC(=O)c2c(cc(N(C)C(=O)OC(C)(C)C)cc2O[Si](C)(C)C(C)(C)C)C#CCC2OC(C)(C)O[C@@H]2[C@H](O)/C=C\[C@H]1C. The van der Waals surface area contributed by atoms with E-state index in [4.69, 9.17) is 23.4 Å². The average Bonchev–Trinajstić information content (AvgIpc) is 3.17. The number of fused-ring (bicyclic) bond motifs is 2. The summed E-state index contributed by atoms with van der Waals surface area (Å²) in [4.78, 5) is 28.4. The largest absolute Gasteiger partial charge is 0.543 e. The summed E-state index contributed by atoms with van der Waals surface area (Å²) >= 11 is 0. The molecule has 2 aliphatic heterocycles. The van der Waals surface area contributed by atoms with E-state index in [1.54, 1.807) is 66.8 Å². The quantitative estimate of drug-likeness (QED) is 0.168. The monoisotopic (exact) mass is 629 g/mol. The van der Waals surface area contributed by atoms with Gasteiger partial charge < -0.3 is 28.5 Å². The Bertz CT molecular complexity index is 1330. The number of ether oxygens (including phenoxy) is 4. The molecule has 10 heteroatoms. The van der Waals surface area contributed by atoms with Crippen molar-refractivity contribution in [1.29, 1.82) is 0 Å². The normalized spacial score (nSPS) is 26.6. The lowest BCUT2D eigenvalue weighted by atomic mass is 9.99. The molecule has 1 aromatic carbocycles. The van der Waals surface area contributed by atoms with Crippen molar-refractivity contribution in [2.24, 2.45) is 5.92 Å². The lowest BCUT2D eigenvalue weighted by Crippen LogP contribution is -2.44. The van der Waals surface area contributed by atoms with E-state index in [0.717, 1.165) is 0 Å². The summed E-state index contributed by atoms with van der Waals surface area (Å²) in [6.07, 6.45) is 0.522. The van der Waals surface area contributed by atoms with Crippen LogP contribution in [0.2, 0.25) is 18.1 Å². The van der Waals surface area contributed by atoms with Gasteiger partial charge in [-0.15, -0.1) is 0 Å². The number of aliphatic hydroxyl groups excluding tert-OH is 1. The molecule has 0 aliphatic carbocycles. The van der Waals surface area contributed by atoms with Crippen molar-refractivity contribution in [3.8, 4) is 17.6 Å². The van der Waals surface area contributed by atoms with Gasteiger partial charge in [0.1, 0.15) is 41.3 Å². The number of anilines is 1. The Balaban J connectivity index is 2.25. The second kappa shape index (κ2) is 12.9. The predicted molar refractivity (Wildman–Crippen MR) is 173 cm³/mol. The van der Waals surface area contributed by atoms with E-state index >= 15 is 0 Å². The zero-order valence-corrected chi connectivity index (χ0v) is 29.7. The van der Waals surface area contributed by atoms with Gasteiger partial charge in [-0.2, -0.15) is 0 Å². The van der Waals surface area contributed by atoms with Gasteiger partial charge in [-0.25, -0.2) is 9.59 Å². The maximum absolute atomic E-state index is 13.9. The molecule has 1 fully saturated rings. The highest BCUT2D eigenvalue weighted by molar-refractivity contribution is 6.74. The molecule has 2 unspecified atom stereocenters. The van der Waals surface area contributed by atoms with E-state index in [9.17, 15) is 14.7 Å². The van der Waals surface area contributed by atoms with E-state index in [2.05, 4.69) is 45.7 Å². The molecule has 0 aromatic heterocycles. The summed E-state index contributed by atoms with van der Waals surface area (Å²) in [6.45, 7) is 23.2. The molecule has 0 spiro atoms. The van der Waals surface area contributed by atoms with Crippen LogP contribution < -0.4 is 9.33 Å². The van der Waals surface area contributed by atoms with Crippen molar-refractivity contribution >= 4 is 26.1 Å². The van der Waals surface area contributed by atoms with Crippen LogP contribution in [0, 0.1) is 17.8 Å². The number of carbonyl (C=O) groups excluding carboxylic acids is 2. The molecule has 0 bridgehead atoms. The molecule has 1 aromatic rings. The number of nitrogens with zero attached hydrogens (tertiary/aromatic N) is 1. The van der Waals surface area contributed by atoms with Crippen LogP contribution in [0.3, 0.4) is 0 Å². The number of hydrogen-bond acceptors (Lipinski definition) is 8. The minimum absolute atomic E-state index is 0.181. The second-order valence-electron chi connectivity index (χ2n) is 14.8. The number of benzene rings is 1. The molecule has 9 nitrogen and oxygen atoms in total. The van der Waals surface area contributed by atoms with Crippen LogP contribution in [-0.4, -0.2) is 68.3 Å². The van der Waals surface area contributed by atoms with Crippen molar-refractivity contribution in [3.05, 3.63) is 35.4 Å². The maximum atomic E-state index is 13.9. The summed E-state index contributed by atoms with van der Waals surface area (Å²) in [5.74, 6) is 4.89. The molecule has 44 heavy (non-hydrogen) atoms. The van der Waals surface area contributed by atoms with Crippen molar-refractivity contribution in [1.82, 2.24) is 0 Å². The first-order valence-corrected chi connectivity index (χ1v) is 18.2. The van der Waals surface area contributed by atoms with Crippen LogP contribution in [0.1, 0.15) is 91.6 Å². The van der Waals surface area contributed by atoms with Crippen LogP contribution in [0.25, 0.3) is 0 Å². The molecule has 1 amide bonds. The summed E-state index contributed by atoms with van der Waals surface area (Å²) in [5.41, 5.74) is 0.292. The molecule has 244 valence electrons. The van der Waals surface area contributed by atoms with Crippen LogP contribution in [-0.2, 0) is 18.9 Å². The highest BCUT2D eigenvalue weighted by atomic mass is 28.4. The van der Waals surface area contributed by atoms with Crippen molar-refractivity contribution < 1.29 is 38.1 Å². The number of rotatable bonds is 3. The summed E-state index contributed by atoms with van der Waals surface area (Å²) in [6, 6.07) is 3.36. The topological polar surface area (TPSA) is 104 Å². The summed E-state index contributed by atoms with van der Waals surface area (Å²) in [5, 5.41) is 10.8. The van der Waals surface area contributed by atoms with Crippen LogP contribution in [0.5, 0.6) is 5.75 Å². The third-order valence-electron chi connectivity index (χ3n) is 8.25. The molecule has 2 heterocycles. The fourth-order valence-electron chi connectivity index (χ4n) is 4.50. The molecule has 0 radical (unpaired) electrons. The number of cyclic esters (lactones) is 1. The van der Waals surface area contributed by atoms with E-state index in [-0.39, 0.29) is 22.9 Å². The molecular weight excluding hydrogens is 578 g/mol. The van der Waals surface area contributed by atoms with Gasteiger partial charge in [-0.05, 0) is 65.7 Å². The maximum Gasteiger partial charge on any atom is 0.414 e. The first kappa shape index (κ1) is 35.6. The summed E-state index contributed by atoms with van der Waals surface area (Å²) < 4.78 is 30.5. The Hall–Kier alpha value is -2.84. The van der Waals surface area contributed by atoms with E-state index < -0.39 is 56.2 Å². The standard InChI is InChI=1S/C34H51NO8Si/c1-21-17-18-25(36)29-26(40-34(9,10)41-29)16-14-15-23-19-24(35(11)31(38)42-32(3,4)5)20-27(28(23)30(37)39-22(21)2)43-44(12,13)33(6,7)8/h17-22,25-26,29,36H,16H2,1-13H3/b18-17-/t21-,22?,25-,26?,29-/m1/s1. The van der Waals surface area contributed by atoms with Gasteiger partial charge in [0.05, 0.1) is 5.69 Å². The van der Waals surface area contributed by atoms with Crippen LogP contribution in [0.15, 0.2) is 24.3 Å². The van der Waals surface area contributed by atoms with Crippen molar-refractivity contribution in [2.75, 3.05) is 11.9 Å². The van der Waals surface area contributed by atoms with Crippen molar-refractivity contribution in [2.45, 2.75) is 130 Å². The van der Waals surface area contributed by atoms with E-state index in [1.807, 2.05) is 13.0 Å². The van der Waals surface area contributed by atoms with Gasteiger partial charge in [0.25, 0.3) is 8.32 Å². The zero-order chi connectivity index (χ0) is 33.4. The molecule has 3 rings (SSSR count). The first-order valence-electron chi connectivity index (χ1n) is 15.3. The summed E-state index contributed by atoms with van der Waals surface area (Å²) in [7, 11) is -0.874. The number of carbonyl (C=O) groups is 2. The smallest absolute Gasteiger partial charge is 0.414 e. The van der Waals surface area contributed by atoms with Gasteiger partial charge >= 0.3 is 12.1 Å². The number of aliphatic hydroxyl groups is 1. The lowest BCUT2D eigenvalue weighted by molar-refractivity contribution is -0.152. The van der Waals surface area contributed by atoms with Gasteiger partial charge in [0.2, 0.25) is 0 Å². The van der Waals surface area contributed by atoms with Gasteiger partial charge in [0.15, 0.2) is 5.79 Å². The van der Waals surface area contributed by atoms with Gasteiger partial charge in [-0.3, -0.25) is 4.90 Å². The highest BCUT2D eigenvalue weighted by Gasteiger charge is 2.44. The number of hydrogen-bond donors (Lipinski definition) is 1. The second-order valence-corrected chi connectivity index (χ2v) is 19.5. The van der Waals surface area contributed by atoms with Crippen LogP contribution in [0.4, 0.5) is 10.5 Å². The minimum atomic E-state index is -2.48. The predicted octanol–water partition coefficient (Wildman–Crippen LogP) is 6.82. The average molecular weight is 630 g/mol. The van der Waals surface area contributed by atoms with E-state index in [0.29, 0.717) is 17.0 Å². The third kappa shape index (κ3) is 8.66. The molecular formula is C34H51NO8Si. The number of amides is 1. The van der Waals surface area contributed by atoms with Gasteiger partial charge in [-0.1, -0.05) is 51.7 Å². The molecule has 5 atom stereocenters. The van der Waals surface area contributed by atoms with Gasteiger partial charge in [0, 0.05) is 31.0 Å². The third-order valence-corrected chi connectivity index (χ3v) is 12.6. The van der Waals surface area contributed by atoms with Crippen molar-refractivity contribution in [3.63, 3.8) is 0 Å². The number of esters is 1. The molecule has 1 N–H and O–H groups in total. The fraction of sp³-hybridized carbons (Fsp3) is 0.647. The first-order chi connectivity index (χ1) is 20.0.